The van der Waals surface area contributed by atoms with Crippen LogP contribution in [0.5, 0.6) is 28.7 Å². The molecule has 0 radical (unpaired) electrons. The normalized spacial score (nSPS) is 23.2. The number of aliphatic hydroxyl groups excluding tert-OH is 1. The average Bonchev–Trinajstić information content (AvgIpc) is 3.73. The number of rotatable bonds is 13. The van der Waals surface area contributed by atoms with Gasteiger partial charge in [-0.2, -0.15) is 0 Å². The zero-order chi connectivity index (χ0) is 43.9. The van der Waals surface area contributed by atoms with Crippen LogP contribution in [0.2, 0.25) is 0 Å². The van der Waals surface area contributed by atoms with Crippen molar-refractivity contribution in [1.82, 2.24) is 20.9 Å². The van der Waals surface area contributed by atoms with Gasteiger partial charge in [0.1, 0.15) is 35.0 Å². The van der Waals surface area contributed by atoms with Crippen LogP contribution in [0.15, 0.2) is 66.9 Å². The SMILES string of the molecule is CNCO[C@]12Cc3c4c(c5c(c3O[C@@H]1c1ccc(O)c(c1)OCCC#C[C@@H]2NCNC[C@@](C)(O)CC(C)C)CC[C@@H](CO)O5)-c1ccc(O)cc1[C@H](Cc1ccc2[nH]ccc2c1)C4. The van der Waals surface area contributed by atoms with Crippen molar-refractivity contribution in [2.24, 2.45) is 5.92 Å². The standard InChI is InChI=1S/C51H60N4O8/c1-30(2)24-50(3,59)27-53-28-55-45-7-5-6-18-60-44-22-33(9-15-43(44)58)49-51(45,61-29-52-4)25-41-40-21-34(20-31-8-14-42-32(19-31)16-17-54-42)39-23-35(57)10-12-37(39)46(40)48-38(47(41)63-49)13-11-36(26-56)62-48/h8-10,12,14-17,19,22-23,30,34,36,45,49,52-59H,6,11,13,18,20-21,24-29H2,1-4H3/t34-,36+,45+,49-,50+,51+/m1/s1. The van der Waals surface area contributed by atoms with Crippen LogP contribution in [0.25, 0.3) is 22.0 Å². The quantitative estimate of drug-likeness (QED) is 0.0369. The highest BCUT2D eigenvalue weighted by Crippen LogP contribution is 2.58. The molecule has 1 aromatic heterocycles. The zero-order valence-electron chi connectivity index (χ0n) is 36.6. The Morgan fingerprint density at radius 1 is 1.02 bits per heavy atom. The summed E-state index contributed by atoms with van der Waals surface area (Å²) in [5.74, 6) is 9.26. The van der Waals surface area contributed by atoms with Gasteiger partial charge in [0.2, 0.25) is 0 Å². The van der Waals surface area contributed by atoms with Crippen LogP contribution in [0, 0.1) is 17.8 Å². The summed E-state index contributed by atoms with van der Waals surface area (Å²) >= 11 is 0. The maximum absolute atomic E-state index is 11.2. The molecule has 5 aromatic rings. The first kappa shape index (κ1) is 43.0. The van der Waals surface area contributed by atoms with Crippen molar-refractivity contribution in [3.63, 3.8) is 0 Å². The van der Waals surface area contributed by atoms with E-state index in [-0.39, 0.29) is 43.5 Å². The minimum Gasteiger partial charge on any atom is -0.508 e. The van der Waals surface area contributed by atoms with Crippen LogP contribution in [0.4, 0.5) is 0 Å². The van der Waals surface area contributed by atoms with Gasteiger partial charge in [-0.1, -0.05) is 43.9 Å². The molecular formula is C51H60N4O8. The molecule has 2 bridgehead atoms. The molecule has 8 N–H and O–H groups in total. The summed E-state index contributed by atoms with van der Waals surface area (Å²) in [6, 6.07) is 19.0. The monoisotopic (exact) mass is 856 g/mol. The number of aromatic hydroxyl groups is 2. The Bertz CT molecular complexity index is 2540. The number of fused-ring (bicyclic) bond motifs is 13. The minimum absolute atomic E-state index is 0.0109. The van der Waals surface area contributed by atoms with Crippen LogP contribution in [-0.2, 0) is 30.4 Å². The Hall–Kier alpha value is -5.26. The van der Waals surface area contributed by atoms with E-state index in [4.69, 9.17) is 18.9 Å². The molecule has 6 atom stereocenters. The molecule has 4 aliphatic rings. The summed E-state index contributed by atoms with van der Waals surface area (Å²) in [6.45, 7) is 7.12. The van der Waals surface area contributed by atoms with Crippen LogP contribution < -0.4 is 30.2 Å². The van der Waals surface area contributed by atoms with Gasteiger partial charge >= 0.3 is 0 Å². The summed E-state index contributed by atoms with van der Waals surface area (Å²) in [4.78, 5) is 3.31. The number of phenols is 2. The fraction of sp³-hybridized carbons (Fsp3) is 0.451. The second-order valence-corrected chi connectivity index (χ2v) is 18.5. The van der Waals surface area contributed by atoms with Crippen LogP contribution in [0.1, 0.15) is 85.4 Å². The predicted molar refractivity (Wildman–Crippen MR) is 242 cm³/mol. The maximum atomic E-state index is 11.2. The number of H-pyrrole nitrogens is 1. The molecule has 3 aliphatic heterocycles. The molecule has 332 valence electrons. The van der Waals surface area contributed by atoms with Gasteiger partial charge < -0.3 is 49.7 Å². The predicted octanol–water partition coefficient (Wildman–Crippen LogP) is 6.51. The number of ether oxygens (including phenoxy) is 4. The Kier molecular flexibility index (Phi) is 12.1. The molecule has 0 spiro atoms. The van der Waals surface area contributed by atoms with Crippen molar-refractivity contribution in [2.75, 3.05) is 40.2 Å². The molecule has 1 aliphatic carbocycles. The molecule has 0 saturated heterocycles. The van der Waals surface area contributed by atoms with E-state index in [9.17, 15) is 20.4 Å². The highest BCUT2D eigenvalue weighted by atomic mass is 16.6. The molecule has 4 heterocycles. The van der Waals surface area contributed by atoms with Crippen molar-refractivity contribution in [1.29, 1.82) is 0 Å². The van der Waals surface area contributed by atoms with Crippen LogP contribution in [0.3, 0.4) is 0 Å². The van der Waals surface area contributed by atoms with Crippen LogP contribution >= 0.6 is 0 Å². The summed E-state index contributed by atoms with van der Waals surface area (Å²) in [6.07, 6.45) is 4.87. The molecular weight excluding hydrogens is 797 g/mol. The van der Waals surface area contributed by atoms with Crippen molar-refractivity contribution in [2.45, 2.75) is 101 Å². The Labute approximate surface area is 369 Å². The number of hydrogen-bond donors (Lipinski definition) is 8. The van der Waals surface area contributed by atoms with E-state index in [1.807, 2.05) is 44.4 Å². The van der Waals surface area contributed by atoms with Crippen molar-refractivity contribution >= 4 is 10.9 Å². The second kappa shape index (κ2) is 17.7. The lowest BCUT2D eigenvalue weighted by Crippen LogP contribution is -2.62. The molecule has 0 saturated carbocycles. The first-order chi connectivity index (χ1) is 30.5. The van der Waals surface area contributed by atoms with Gasteiger partial charge in [-0.3, -0.25) is 10.6 Å². The second-order valence-electron chi connectivity index (χ2n) is 18.5. The lowest BCUT2D eigenvalue weighted by molar-refractivity contribution is -0.141. The fourth-order valence-electron chi connectivity index (χ4n) is 10.5. The first-order valence-corrected chi connectivity index (χ1v) is 22.4. The third-order valence-corrected chi connectivity index (χ3v) is 13.1. The average molecular weight is 857 g/mol. The zero-order valence-corrected chi connectivity index (χ0v) is 36.6. The molecule has 63 heavy (non-hydrogen) atoms. The molecule has 4 aromatic carbocycles. The Morgan fingerprint density at radius 2 is 1.89 bits per heavy atom. The highest BCUT2D eigenvalue weighted by Gasteiger charge is 2.54. The molecule has 0 amide bonds. The smallest absolute Gasteiger partial charge is 0.161 e. The van der Waals surface area contributed by atoms with Crippen LogP contribution in [-0.4, -0.2) is 89.0 Å². The van der Waals surface area contributed by atoms with Crippen molar-refractivity contribution in [3.05, 3.63) is 100 Å². The van der Waals surface area contributed by atoms with E-state index in [1.54, 1.807) is 12.1 Å². The topological polar surface area (TPSA) is 170 Å². The number of phenolic OH excluding ortho intramolecular Hbond substituents is 2. The molecule has 0 unspecified atom stereocenters. The fourth-order valence-corrected chi connectivity index (χ4v) is 10.5. The van der Waals surface area contributed by atoms with Gasteiger partial charge in [0.05, 0.1) is 25.5 Å². The first-order valence-electron chi connectivity index (χ1n) is 22.4. The molecule has 0 fully saturated rings. The molecule has 9 rings (SSSR count). The van der Waals surface area contributed by atoms with Gasteiger partial charge in [0.25, 0.3) is 0 Å². The molecule has 12 heteroatoms. The third kappa shape index (κ3) is 8.46. The van der Waals surface area contributed by atoms with Gasteiger partial charge in [0, 0.05) is 54.5 Å². The largest absolute Gasteiger partial charge is 0.508 e. The van der Waals surface area contributed by atoms with Gasteiger partial charge in [-0.05, 0) is 134 Å². The van der Waals surface area contributed by atoms with Gasteiger partial charge in [-0.25, -0.2) is 0 Å². The number of aliphatic hydroxyl groups is 2. The van der Waals surface area contributed by atoms with E-state index in [0.717, 1.165) is 62.0 Å². The number of benzene rings is 4. The van der Waals surface area contributed by atoms with E-state index in [2.05, 4.69) is 70.9 Å². The molecule has 12 nitrogen and oxygen atoms in total. The van der Waals surface area contributed by atoms with E-state index < -0.39 is 23.3 Å². The van der Waals surface area contributed by atoms with Gasteiger partial charge in [0.15, 0.2) is 17.6 Å². The Morgan fingerprint density at radius 3 is 2.71 bits per heavy atom. The van der Waals surface area contributed by atoms with Gasteiger partial charge in [-0.15, -0.1) is 0 Å². The number of nitrogens with one attached hydrogen (secondary N) is 4. The summed E-state index contributed by atoms with van der Waals surface area (Å²) in [7, 11) is 1.85. The lowest BCUT2D eigenvalue weighted by Gasteiger charge is -2.49. The summed E-state index contributed by atoms with van der Waals surface area (Å²) in [5, 5.41) is 55.2. The number of aromatic nitrogens is 1. The maximum Gasteiger partial charge on any atom is 0.161 e. The lowest BCUT2D eigenvalue weighted by atomic mass is 9.69. The van der Waals surface area contributed by atoms with E-state index >= 15 is 0 Å². The summed E-state index contributed by atoms with van der Waals surface area (Å²) < 4.78 is 27.6. The van der Waals surface area contributed by atoms with Crippen molar-refractivity contribution in [3.8, 4) is 51.7 Å². The van der Waals surface area contributed by atoms with Crippen molar-refractivity contribution < 1.29 is 39.4 Å². The number of hydrogen-bond acceptors (Lipinski definition) is 11. The summed E-state index contributed by atoms with van der Waals surface area (Å²) in [5.41, 5.74) is 6.98. The Balaban J connectivity index is 1.22. The van der Waals surface area contributed by atoms with E-state index in [0.29, 0.717) is 69.2 Å². The number of aromatic amines is 1. The highest BCUT2D eigenvalue weighted by molar-refractivity contribution is 5.85. The third-order valence-electron chi connectivity index (χ3n) is 13.1. The minimum atomic E-state index is -1.15. The van der Waals surface area contributed by atoms with E-state index in [1.165, 1.54) is 5.56 Å².